The first-order valence-electron chi connectivity index (χ1n) is 3.60. The van der Waals surface area contributed by atoms with Crippen molar-refractivity contribution in [1.82, 2.24) is 4.98 Å². The lowest BCUT2D eigenvalue weighted by molar-refractivity contribution is 0.150. The number of rotatable bonds is 2. The fourth-order valence-electron chi connectivity index (χ4n) is 1.01. The van der Waals surface area contributed by atoms with E-state index in [1.807, 2.05) is 0 Å². The maximum absolute atomic E-state index is 12.4. The highest BCUT2D eigenvalue weighted by Crippen LogP contribution is 2.31. The largest absolute Gasteiger partial charge is 0.390 e. The quantitative estimate of drug-likeness (QED) is 0.808. The molecule has 1 aromatic rings. The lowest BCUT2D eigenvalue weighted by Crippen LogP contribution is -1.99. The van der Waals surface area contributed by atoms with Gasteiger partial charge in [0.25, 0.3) is 6.43 Å². The Balaban J connectivity index is 3.30. The normalized spacial score (nSPS) is 10.9. The van der Waals surface area contributed by atoms with Crippen LogP contribution in [0.5, 0.6) is 0 Å². The fraction of sp³-hybridized carbons (Fsp3) is 0.375. The van der Waals surface area contributed by atoms with Crippen LogP contribution < -0.4 is 0 Å². The zero-order valence-electron chi connectivity index (χ0n) is 6.89. The smallest absolute Gasteiger partial charge is 0.265 e. The molecule has 72 valence electrons. The van der Waals surface area contributed by atoms with Gasteiger partial charge in [-0.3, -0.25) is 4.98 Å². The minimum atomic E-state index is -2.64. The van der Waals surface area contributed by atoms with Crippen LogP contribution in [0.15, 0.2) is 6.20 Å². The van der Waals surface area contributed by atoms with Gasteiger partial charge in [0, 0.05) is 11.8 Å². The average Bonchev–Trinajstić information content (AvgIpc) is 2.04. The van der Waals surface area contributed by atoms with Gasteiger partial charge in [0.05, 0.1) is 17.3 Å². The Morgan fingerprint density at radius 3 is 2.69 bits per heavy atom. The van der Waals surface area contributed by atoms with Crippen LogP contribution in [0.2, 0.25) is 5.02 Å². The second-order valence-corrected chi connectivity index (χ2v) is 2.95. The zero-order valence-corrected chi connectivity index (χ0v) is 7.65. The van der Waals surface area contributed by atoms with Gasteiger partial charge in [0.2, 0.25) is 0 Å². The van der Waals surface area contributed by atoms with Crippen molar-refractivity contribution in [3.05, 3.63) is 28.0 Å². The molecule has 1 heterocycles. The van der Waals surface area contributed by atoms with Crippen molar-refractivity contribution in [2.45, 2.75) is 20.0 Å². The van der Waals surface area contributed by atoms with Gasteiger partial charge in [-0.25, -0.2) is 8.78 Å². The number of nitrogens with zero attached hydrogens (tertiary/aromatic N) is 1. The van der Waals surface area contributed by atoms with Crippen LogP contribution >= 0.6 is 11.6 Å². The molecule has 0 aromatic carbocycles. The summed E-state index contributed by atoms with van der Waals surface area (Å²) < 4.78 is 24.8. The molecule has 5 heteroatoms. The minimum absolute atomic E-state index is 0.0857. The lowest BCUT2D eigenvalue weighted by atomic mass is 10.1. The van der Waals surface area contributed by atoms with Crippen LogP contribution in [0, 0.1) is 6.92 Å². The number of aryl methyl sites for hydroxylation is 1. The highest BCUT2D eigenvalue weighted by Gasteiger charge is 2.18. The summed E-state index contributed by atoms with van der Waals surface area (Å²) in [6.07, 6.45) is -1.36. The van der Waals surface area contributed by atoms with E-state index in [-0.39, 0.29) is 16.3 Å². The third-order valence-electron chi connectivity index (χ3n) is 1.70. The summed E-state index contributed by atoms with van der Waals surface area (Å²) in [5, 5.41) is 8.58. The Morgan fingerprint density at radius 2 is 2.23 bits per heavy atom. The van der Waals surface area contributed by atoms with Gasteiger partial charge in [0.1, 0.15) is 0 Å². The van der Waals surface area contributed by atoms with Crippen molar-refractivity contribution in [2.75, 3.05) is 0 Å². The molecule has 0 saturated carbocycles. The number of halogens is 3. The number of pyridine rings is 1. The summed E-state index contributed by atoms with van der Waals surface area (Å²) in [5.41, 5.74) is 0.167. The van der Waals surface area contributed by atoms with Crippen molar-refractivity contribution < 1.29 is 13.9 Å². The van der Waals surface area contributed by atoms with Crippen LogP contribution in [0.1, 0.15) is 23.2 Å². The Hall–Kier alpha value is -0.740. The molecule has 2 nitrogen and oxygen atoms in total. The average molecular weight is 208 g/mol. The number of hydrogen-bond donors (Lipinski definition) is 1. The Kier molecular flexibility index (Phi) is 3.17. The molecule has 13 heavy (non-hydrogen) atoms. The summed E-state index contributed by atoms with van der Waals surface area (Å²) >= 11 is 5.61. The Morgan fingerprint density at radius 1 is 1.62 bits per heavy atom. The number of aromatic nitrogens is 1. The molecule has 0 fully saturated rings. The van der Waals surface area contributed by atoms with Crippen LogP contribution in [0.3, 0.4) is 0 Å². The molecule has 0 unspecified atom stereocenters. The van der Waals surface area contributed by atoms with E-state index in [9.17, 15) is 8.78 Å². The summed E-state index contributed by atoms with van der Waals surface area (Å²) in [6.45, 7) is 1.07. The molecule has 1 N–H and O–H groups in total. The third kappa shape index (κ3) is 1.95. The van der Waals surface area contributed by atoms with E-state index in [1.54, 1.807) is 0 Å². The van der Waals surface area contributed by atoms with E-state index in [2.05, 4.69) is 4.98 Å². The van der Waals surface area contributed by atoms with E-state index in [1.165, 1.54) is 13.1 Å². The second-order valence-electron chi connectivity index (χ2n) is 2.57. The summed E-state index contributed by atoms with van der Waals surface area (Å²) in [7, 11) is 0. The number of hydrogen-bond acceptors (Lipinski definition) is 2. The van der Waals surface area contributed by atoms with Crippen LogP contribution in [-0.2, 0) is 6.61 Å². The monoisotopic (exact) mass is 207 g/mol. The minimum Gasteiger partial charge on any atom is -0.390 e. The van der Waals surface area contributed by atoms with Gasteiger partial charge >= 0.3 is 0 Å². The fourth-order valence-corrected chi connectivity index (χ4v) is 1.35. The molecule has 0 aliphatic rings. The number of aliphatic hydroxyl groups excluding tert-OH is 1. The van der Waals surface area contributed by atoms with Crippen LogP contribution in [0.25, 0.3) is 0 Å². The standard InChI is InChI=1S/C8H8ClF2NO/c1-4-2-12-5(3-13)7(9)6(4)8(10)11/h2,8,13H,3H2,1H3. The summed E-state index contributed by atoms with van der Waals surface area (Å²) in [4.78, 5) is 3.72. The lowest BCUT2D eigenvalue weighted by Gasteiger charge is -2.09. The molecule has 1 aromatic heterocycles. The molecule has 0 aliphatic heterocycles. The first-order valence-corrected chi connectivity index (χ1v) is 3.98. The Labute approximate surface area is 79.2 Å². The van der Waals surface area contributed by atoms with E-state index in [0.29, 0.717) is 5.56 Å². The van der Waals surface area contributed by atoms with E-state index >= 15 is 0 Å². The van der Waals surface area contributed by atoms with Crippen molar-refractivity contribution in [3.63, 3.8) is 0 Å². The van der Waals surface area contributed by atoms with E-state index < -0.39 is 13.0 Å². The summed E-state index contributed by atoms with van der Waals surface area (Å²) in [5.74, 6) is 0. The summed E-state index contributed by atoms with van der Waals surface area (Å²) in [6, 6.07) is 0. The maximum Gasteiger partial charge on any atom is 0.265 e. The molecule has 0 radical (unpaired) electrons. The van der Waals surface area contributed by atoms with Gasteiger partial charge in [-0.1, -0.05) is 11.6 Å². The van der Waals surface area contributed by atoms with Gasteiger partial charge < -0.3 is 5.11 Å². The maximum atomic E-state index is 12.4. The highest BCUT2D eigenvalue weighted by molar-refractivity contribution is 6.32. The van der Waals surface area contributed by atoms with Gasteiger partial charge in [-0.15, -0.1) is 0 Å². The van der Waals surface area contributed by atoms with E-state index in [0.717, 1.165) is 0 Å². The van der Waals surface area contributed by atoms with Gasteiger partial charge in [-0.05, 0) is 12.5 Å². The topological polar surface area (TPSA) is 33.1 Å². The number of aliphatic hydroxyl groups is 1. The molecule has 0 bridgehead atoms. The van der Waals surface area contributed by atoms with Crippen LogP contribution in [0.4, 0.5) is 8.78 Å². The van der Waals surface area contributed by atoms with Crippen molar-refractivity contribution in [1.29, 1.82) is 0 Å². The van der Waals surface area contributed by atoms with Gasteiger partial charge in [0.15, 0.2) is 0 Å². The van der Waals surface area contributed by atoms with Crippen molar-refractivity contribution in [3.8, 4) is 0 Å². The van der Waals surface area contributed by atoms with Crippen molar-refractivity contribution in [2.24, 2.45) is 0 Å². The SMILES string of the molecule is Cc1cnc(CO)c(Cl)c1C(F)F. The number of alkyl halides is 2. The molecule has 1 rings (SSSR count). The second kappa shape index (κ2) is 3.98. The van der Waals surface area contributed by atoms with Crippen LogP contribution in [-0.4, -0.2) is 10.1 Å². The van der Waals surface area contributed by atoms with Crippen molar-refractivity contribution >= 4 is 11.6 Å². The first kappa shape index (κ1) is 10.3. The highest BCUT2D eigenvalue weighted by atomic mass is 35.5. The molecule has 0 spiro atoms. The first-order chi connectivity index (χ1) is 6.07. The molecule has 0 saturated heterocycles. The molecule has 0 aliphatic carbocycles. The zero-order chi connectivity index (χ0) is 10.0. The van der Waals surface area contributed by atoms with E-state index in [4.69, 9.17) is 16.7 Å². The Bertz CT molecular complexity index is 317. The molecule has 0 atom stereocenters. The van der Waals surface area contributed by atoms with Gasteiger partial charge in [-0.2, -0.15) is 0 Å². The third-order valence-corrected chi connectivity index (χ3v) is 2.12. The molecular formula is C8H8ClF2NO. The predicted molar refractivity (Wildman–Crippen MR) is 44.9 cm³/mol. The molecule has 0 amide bonds. The molecular weight excluding hydrogens is 200 g/mol. The predicted octanol–water partition coefficient (Wildman–Crippen LogP) is 2.47.